The summed E-state index contributed by atoms with van der Waals surface area (Å²) in [7, 11) is -3.41. The largest absolute Gasteiger partial charge is 0.395 e. The van der Waals surface area contributed by atoms with Crippen molar-refractivity contribution in [3.05, 3.63) is 35.4 Å². The maximum Gasteiger partial charge on any atom is 0.254 e. The second-order valence-electron chi connectivity index (χ2n) is 7.45. The summed E-state index contributed by atoms with van der Waals surface area (Å²) in [6, 6.07) is 6.05. The molecule has 0 radical (unpaired) electrons. The topological polar surface area (TPSA) is 115 Å². The highest BCUT2D eigenvalue weighted by Crippen LogP contribution is 2.21. The van der Waals surface area contributed by atoms with Crippen LogP contribution >= 0.6 is 0 Å². The molecule has 0 unspecified atom stereocenters. The van der Waals surface area contributed by atoms with Crippen molar-refractivity contribution in [3.63, 3.8) is 0 Å². The fourth-order valence-corrected chi connectivity index (χ4v) is 4.91. The zero-order valence-electron chi connectivity index (χ0n) is 15.1. The molecule has 1 amide bonds. The van der Waals surface area contributed by atoms with E-state index in [9.17, 15) is 28.5 Å². The maximum atomic E-state index is 12.9. The first-order valence-electron chi connectivity index (χ1n) is 8.64. The first-order valence-corrected chi connectivity index (χ1v) is 10.5. The summed E-state index contributed by atoms with van der Waals surface area (Å²) in [5.41, 5.74) is 0.426. The first kappa shape index (κ1) is 20.8. The SMILES string of the molecule is CC(C)(O)CCc1cccc(C(=O)N(CCO)[C@@H]2CS(=O)(=O)C[C@H]2O)c1. The van der Waals surface area contributed by atoms with Crippen LogP contribution in [0.5, 0.6) is 0 Å². The maximum absolute atomic E-state index is 12.9. The number of aryl methyl sites for hydroxylation is 1. The monoisotopic (exact) mass is 385 g/mol. The minimum atomic E-state index is -3.41. The van der Waals surface area contributed by atoms with Gasteiger partial charge in [-0.15, -0.1) is 0 Å². The normalized spacial score (nSPS) is 22.3. The molecule has 2 rings (SSSR count). The van der Waals surface area contributed by atoms with Crippen molar-refractivity contribution in [1.82, 2.24) is 4.90 Å². The van der Waals surface area contributed by atoms with Gasteiger partial charge >= 0.3 is 0 Å². The molecule has 1 aromatic carbocycles. The first-order chi connectivity index (χ1) is 12.0. The lowest BCUT2D eigenvalue weighted by atomic mass is 9.97. The zero-order chi connectivity index (χ0) is 19.5. The van der Waals surface area contributed by atoms with E-state index in [-0.39, 0.29) is 24.7 Å². The molecule has 146 valence electrons. The van der Waals surface area contributed by atoms with Crippen LogP contribution in [-0.2, 0) is 16.3 Å². The minimum Gasteiger partial charge on any atom is -0.395 e. The van der Waals surface area contributed by atoms with Crippen molar-refractivity contribution in [2.45, 2.75) is 44.4 Å². The lowest BCUT2D eigenvalue weighted by Crippen LogP contribution is -2.48. The molecule has 7 nitrogen and oxygen atoms in total. The molecule has 2 atom stereocenters. The van der Waals surface area contributed by atoms with Crippen LogP contribution in [0.25, 0.3) is 0 Å². The van der Waals surface area contributed by atoms with E-state index in [2.05, 4.69) is 0 Å². The molecular formula is C18H27NO6S. The molecule has 1 aliphatic rings. The van der Waals surface area contributed by atoms with Gasteiger partial charge in [0.15, 0.2) is 9.84 Å². The Bertz CT molecular complexity index is 740. The number of sulfone groups is 1. The van der Waals surface area contributed by atoms with E-state index in [1.807, 2.05) is 6.07 Å². The number of aliphatic hydroxyl groups is 3. The van der Waals surface area contributed by atoms with Crippen LogP contribution in [0.4, 0.5) is 0 Å². The average molecular weight is 385 g/mol. The lowest BCUT2D eigenvalue weighted by Gasteiger charge is -2.30. The highest BCUT2D eigenvalue weighted by atomic mass is 32.2. The van der Waals surface area contributed by atoms with Crippen LogP contribution in [-0.4, -0.2) is 76.9 Å². The van der Waals surface area contributed by atoms with Gasteiger partial charge in [-0.05, 0) is 44.4 Å². The number of hydrogen-bond acceptors (Lipinski definition) is 6. The van der Waals surface area contributed by atoms with Crippen LogP contribution in [0, 0.1) is 0 Å². The minimum absolute atomic E-state index is 0.0516. The second kappa shape index (κ2) is 8.04. The van der Waals surface area contributed by atoms with E-state index in [4.69, 9.17) is 0 Å². The molecule has 0 aliphatic carbocycles. The second-order valence-corrected chi connectivity index (χ2v) is 9.60. The van der Waals surface area contributed by atoms with Gasteiger partial charge in [0.25, 0.3) is 5.91 Å². The summed E-state index contributed by atoms with van der Waals surface area (Å²) in [4.78, 5) is 14.1. The van der Waals surface area contributed by atoms with Crippen LogP contribution < -0.4 is 0 Å². The number of benzene rings is 1. The molecule has 3 N–H and O–H groups in total. The molecule has 0 aromatic heterocycles. The van der Waals surface area contributed by atoms with E-state index >= 15 is 0 Å². The lowest BCUT2D eigenvalue weighted by molar-refractivity contribution is 0.0451. The number of carbonyl (C=O) groups excluding carboxylic acids is 1. The third kappa shape index (κ3) is 5.51. The summed E-state index contributed by atoms with van der Waals surface area (Å²) in [5, 5.41) is 29.2. The summed E-state index contributed by atoms with van der Waals surface area (Å²) in [6.07, 6.45) is -0.0378. The fraction of sp³-hybridized carbons (Fsp3) is 0.611. The van der Waals surface area contributed by atoms with E-state index in [0.717, 1.165) is 5.56 Å². The summed E-state index contributed by atoms with van der Waals surface area (Å²) < 4.78 is 23.5. The van der Waals surface area contributed by atoms with Gasteiger partial charge in [0.05, 0.1) is 35.9 Å². The molecule has 1 heterocycles. The smallest absolute Gasteiger partial charge is 0.254 e. The zero-order valence-corrected chi connectivity index (χ0v) is 15.9. The molecule has 0 bridgehead atoms. The van der Waals surface area contributed by atoms with Crippen molar-refractivity contribution in [2.24, 2.45) is 0 Å². The van der Waals surface area contributed by atoms with Gasteiger partial charge in [-0.3, -0.25) is 4.79 Å². The van der Waals surface area contributed by atoms with E-state index in [0.29, 0.717) is 18.4 Å². The Morgan fingerprint density at radius 2 is 2.00 bits per heavy atom. The molecule has 1 saturated heterocycles. The van der Waals surface area contributed by atoms with Gasteiger partial charge in [0, 0.05) is 12.1 Å². The Labute approximate surface area is 154 Å². The van der Waals surface area contributed by atoms with Gasteiger partial charge in [-0.25, -0.2) is 8.42 Å². The fourth-order valence-electron chi connectivity index (χ4n) is 3.11. The highest BCUT2D eigenvalue weighted by molar-refractivity contribution is 7.91. The predicted octanol–water partition coefficient (Wildman–Crippen LogP) is -0.0175. The third-order valence-electron chi connectivity index (χ3n) is 4.50. The van der Waals surface area contributed by atoms with E-state index < -0.39 is 33.5 Å². The number of rotatable bonds is 7. The number of amides is 1. The third-order valence-corrected chi connectivity index (χ3v) is 6.19. The number of carbonyl (C=O) groups is 1. The molecule has 0 saturated carbocycles. The van der Waals surface area contributed by atoms with Crippen LogP contribution in [0.2, 0.25) is 0 Å². The van der Waals surface area contributed by atoms with Gasteiger partial charge in [0.2, 0.25) is 0 Å². The number of nitrogens with zero attached hydrogens (tertiary/aromatic N) is 1. The average Bonchev–Trinajstić information content (AvgIpc) is 2.82. The quantitative estimate of drug-likeness (QED) is 0.608. The van der Waals surface area contributed by atoms with Crippen LogP contribution in [0.3, 0.4) is 0 Å². The Balaban J connectivity index is 2.21. The molecule has 0 spiro atoms. The van der Waals surface area contributed by atoms with Gasteiger partial charge in [-0.2, -0.15) is 0 Å². The van der Waals surface area contributed by atoms with Crippen molar-refractivity contribution >= 4 is 15.7 Å². The summed E-state index contributed by atoms with van der Waals surface area (Å²) in [6.45, 7) is 3.05. The molecule has 1 aliphatic heterocycles. The van der Waals surface area contributed by atoms with Gasteiger partial charge < -0.3 is 20.2 Å². The van der Waals surface area contributed by atoms with Crippen molar-refractivity contribution in [2.75, 3.05) is 24.7 Å². The number of aliphatic hydroxyl groups excluding tert-OH is 2. The molecule has 8 heteroatoms. The highest BCUT2D eigenvalue weighted by Gasteiger charge is 2.41. The van der Waals surface area contributed by atoms with Crippen molar-refractivity contribution in [1.29, 1.82) is 0 Å². The molecular weight excluding hydrogens is 358 g/mol. The van der Waals surface area contributed by atoms with Gasteiger partial charge in [0.1, 0.15) is 0 Å². The Morgan fingerprint density at radius 3 is 2.54 bits per heavy atom. The van der Waals surface area contributed by atoms with Gasteiger partial charge in [-0.1, -0.05) is 12.1 Å². The van der Waals surface area contributed by atoms with Crippen molar-refractivity contribution in [3.8, 4) is 0 Å². The standard InChI is InChI=1S/C18H27NO6S/c1-18(2,23)7-6-13-4-3-5-14(10-13)17(22)19(8-9-20)15-11-26(24,25)12-16(15)21/h3-5,10,15-16,20-21,23H,6-9,11-12H2,1-2H3/t15-,16-/m1/s1. The van der Waals surface area contributed by atoms with Crippen LogP contribution in [0.15, 0.2) is 24.3 Å². The Hall–Kier alpha value is -1.48. The molecule has 1 fully saturated rings. The van der Waals surface area contributed by atoms with Crippen molar-refractivity contribution < 1.29 is 28.5 Å². The van der Waals surface area contributed by atoms with E-state index in [1.54, 1.807) is 32.0 Å². The molecule has 26 heavy (non-hydrogen) atoms. The molecule has 1 aromatic rings. The summed E-state index contributed by atoms with van der Waals surface area (Å²) in [5.74, 6) is -1.11. The van der Waals surface area contributed by atoms with Crippen LogP contribution in [0.1, 0.15) is 36.2 Å². The van der Waals surface area contributed by atoms with E-state index in [1.165, 1.54) is 4.90 Å². The summed E-state index contributed by atoms with van der Waals surface area (Å²) >= 11 is 0. The Morgan fingerprint density at radius 1 is 1.31 bits per heavy atom. The number of hydrogen-bond donors (Lipinski definition) is 3. The predicted molar refractivity (Wildman–Crippen MR) is 97.6 cm³/mol. The Kier molecular flexibility index (Phi) is 6.44.